The first-order chi connectivity index (χ1) is 13.1. The van der Waals surface area contributed by atoms with E-state index in [1.54, 1.807) is 6.07 Å². The third kappa shape index (κ3) is 9.17. The molecule has 27 heavy (non-hydrogen) atoms. The fraction of sp³-hybridized carbons (Fsp3) is 0.600. The van der Waals surface area contributed by atoms with Crippen LogP contribution in [0.5, 0.6) is 11.5 Å². The van der Waals surface area contributed by atoms with Crippen LogP contribution in [0.1, 0.15) is 95.5 Å². The van der Waals surface area contributed by atoms with E-state index in [4.69, 9.17) is 0 Å². The molecule has 0 radical (unpaired) electrons. The van der Waals surface area contributed by atoms with E-state index in [0.717, 1.165) is 31.2 Å². The summed E-state index contributed by atoms with van der Waals surface area (Å²) in [4.78, 5) is 0. The van der Waals surface area contributed by atoms with E-state index in [0.29, 0.717) is 5.92 Å². The number of phenolic OH excluding ortho intramolecular Hbond substituents is 2. The Kier molecular flexibility index (Phi) is 12.4. The Morgan fingerprint density at radius 3 is 2.07 bits per heavy atom. The fourth-order valence-corrected chi connectivity index (χ4v) is 3.97. The molecule has 0 aromatic heterocycles. The van der Waals surface area contributed by atoms with E-state index in [9.17, 15) is 10.2 Å². The number of aromatic hydroxyl groups is 2. The first-order valence-electron chi connectivity index (χ1n) is 10.9. The molecule has 0 aliphatic rings. The van der Waals surface area contributed by atoms with Crippen LogP contribution in [0.15, 0.2) is 43.5 Å². The number of unbranched alkanes of at least 4 members (excludes halogenated alkanes) is 7. The average molecular weight is 373 g/mol. The van der Waals surface area contributed by atoms with Crippen LogP contribution in [0.4, 0.5) is 0 Å². The molecule has 152 valence electrons. The van der Waals surface area contributed by atoms with E-state index in [2.05, 4.69) is 20.1 Å². The number of phenols is 2. The highest BCUT2D eigenvalue weighted by Crippen LogP contribution is 2.40. The van der Waals surface area contributed by atoms with Crippen LogP contribution < -0.4 is 0 Å². The Balaban J connectivity index is 2.64. The normalized spacial score (nSPS) is 12.2. The molecule has 0 heterocycles. The minimum atomic E-state index is -0.0163. The molecule has 1 rings (SSSR count). The van der Waals surface area contributed by atoms with Crippen LogP contribution in [0.25, 0.3) is 0 Å². The fourth-order valence-electron chi connectivity index (χ4n) is 3.97. The van der Waals surface area contributed by atoms with E-state index >= 15 is 0 Å². The predicted octanol–water partition coefficient (Wildman–Crippen LogP) is 7.87. The highest BCUT2D eigenvalue weighted by molar-refractivity contribution is 5.46. The molecule has 0 fully saturated rings. The maximum Gasteiger partial charge on any atom is 0.160 e. The maximum atomic E-state index is 10.4. The third-order valence-corrected chi connectivity index (χ3v) is 5.51. The number of benzene rings is 1. The summed E-state index contributed by atoms with van der Waals surface area (Å²) in [5.74, 6) is 0.790. The molecule has 0 saturated carbocycles. The van der Waals surface area contributed by atoms with Crippen LogP contribution in [-0.4, -0.2) is 10.2 Å². The van der Waals surface area contributed by atoms with Gasteiger partial charge in [0.25, 0.3) is 0 Å². The molecule has 0 spiro atoms. The molecule has 0 saturated heterocycles. The summed E-state index contributed by atoms with van der Waals surface area (Å²) in [6, 6.07) is 5.35. The minimum absolute atomic E-state index is 0.0163. The Morgan fingerprint density at radius 2 is 1.48 bits per heavy atom. The average Bonchev–Trinajstić information content (AvgIpc) is 2.65. The summed E-state index contributed by atoms with van der Waals surface area (Å²) < 4.78 is 0. The van der Waals surface area contributed by atoms with Gasteiger partial charge >= 0.3 is 0 Å². The molecule has 2 heteroatoms. The number of para-hydroxylation sites is 1. The topological polar surface area (TPSA) is 40.5 Å². The van der Waals surface area contributed by atoms with Gasteiger partial charge in [-0.15, -0.1) is 13.2 Å². The zero-order valence-electron chi connectivity index (χ0n) is 17.3. The molecule has 1 atom stereocenters. The second-order valence-corrected chi connectivity index (χ2v) is 7.83. The van der Waals surface area contributed by atoms with E-state index in [1.807, 2.05) is 24.3 Å². The highest BCUT2D eigenvalue weighted by atomic mass is 16.3. The molecule has 0 aliphatic carbocycles. The molecular weight excluding hydrogens is 332 g/mol. The molecule has 0 amide bonds. The summed E-state index contributed by atoms with van der Waals surface area (Å²) in [6.45, 7) is 10.0. The quantitative estimate of drug-likeness (QED) is 0.176. The molecule has 2 N–H and O–H groups in total. The maximum absolute atomic E-state index is 10.4. The zero-order valence-corrected chi connectivity index (χ0v) is 17.3. The Morgan fingerprint density at radius 1 is 0.889 bits per heavy atom. The standard InChI is InChI=1S/C25H40O2/c1-4-7-8-9-10-11-12-13-17-22(20-21(15-5-2)16-6-3)23-18-14-19-24(26)25(23)27/h5-6,14,18-19,21-22,26-27H,2-4,7-13,15-17,20H2,1H3. The summed E-state index contributed by atoms with van der Waals surface area (Å²) >= 11 is 0. The summed E-state index contributed by atoms with van der Waals surface area (Å²) in [7, 11) is 0. The lowest BCUT2D eigenvalue weighted by Crippen LogP contribution is -2.08. The zero-order chi connectivity index (χ0) is 19.9. The smallest absolute Gasteiger partial charge is 0.160 e. The first kappa shape index (κ1) is 23.3. The van der Waals surface area contributed by atoms with Crippen LogP contribution in [0.2, 0.25) is 0 Å². The molecule has 0 aliphatic heterocycles. The van der Waals surface area contributed by atoms with Gasteiger partial charge in [-0.25, -0.2) is 0 Å². The van der Waals surface area contributed by atoms with Gasteiger partial charge in [-0.1, -0.05) is 82.6 Å². The molecule has 1 aromatic rings. The van der Waals surface area contributed by atoms with Crippen molar-refractivity contribution in [2.75, 3.05) is 0 Å². The summed E-state index contributed by atoms with van der Waals surface area (Å²) in [6.07, 6.45) is 18.3. The Labute approximate surface area is 167 Å². The van der Waals surface area contributed by atoms with Crippen LogP contribution in [-0.2, 0) is 0 Å². The van der Waals surface area contributed by atoms with Gasteiger partial charge in [-0.05, 0) is 43.6 Å². The van der Waals surface area contributed by atoms with Gasteiger partial charge in [0, 0.05) is 5.56 Å². The Hall–Kier alpha value is -1.70. The van der Waals surface area contributed by atoms with Crippen molar-refractivity contribution in [3.63, 3.8) is 0 Å². The van der Waals surface area contributed by atoms with Crippen molar-refractivity contribution in [2.45, 2.75) is 89.9 Å². The lowest BCUT2D eigenvalue weighted by Gasteiger charge is -2.24. The third-order valence-electron chi connectivity index (χ3n) is 5.51. The van der Waals surface area contributed by atoms with Crippen molar-refractivity contribution in [3.8, 4) is 11.5 Å². The molecule has 1 aromatic carbocycles. The van der Waals surface area contributed by atoms with E-state index < -0.39 is 0 Å². The van der Waals surface area contributed by atoms with Crippen LogP contribution in [0.3, 0.4) is 0 Å². The number of allylic oxidation sites excluding steroid dienone is 2. The van der Waals surface area contributed by atoms with Gasteiger partial charge in [0.05, 0.1) is 0 Å². The van der Waals surface area contributed by atoms with Gasteiger partial charge in [0.15, 0.2) is 11.5 Å². The van der Waals surface area contributed by atoms with Gasteiger partial charge in [0.1, 0.15) is 0 Å². The van der Waals surface area contributed by atoms with Crippen LogP contribution in [0, 0.1) is 5.92 Å². The van der Waals surface area contributed by atoms with Crippen molar-refractivity contribution in [2.24, 2.45) is 5.92 Å². The molecule has 0 bridgehead atoms. The van der Waals surface area contributed by atoms with Crippen molar-refractivity contribution in [1.29, 1.82) is 0 Å². The van der Waals surface area contributed by atoms with Crippen molar-refractivity contribution < 1.29 is 10.2 Å². The summed E-state index contributed by atoms with van der Waals surface area (Å²) in [5, 5.41) is 20.3. The lowest BCUT2D eigenvalue weighted by molar-refractivity contribution is 0.374. The van der Waals surface area contributed by atoms with Gasteiger partial charge in [0.2, 0.25) is 0 Å². The number of rotatable bonds is 16. The first-order valence-corrected chi connectivity index (χ1v) is 10.9. The van der Waals surface area contributed by atoms with Crippen LogP contribution >= 0.6 is 0 Å². The van der Waals surface area contributed by atoms with Gasteiger partial charge in [-0.2, -0.15) is 0 Å². The van der Waals surface area contributed by atoms with E-state index in [1.165, 1.54) is 51.4 Å². The highest BCUT2D eigenvalue weighted by Gasteiger charge is 2.20. The molecule has 1 unspecified atom stereocenters. The van der Waals surface area contributed by atoms with Crippen molar-refractivity contribution in [3.05, 3.63) is 49.1 Å². The SMILES string of the molecule is C=CCC(CC=C)CC(CCCCCCCCCC)c1cccc(O)c1O. The minimum Gasteiger partial charge on any atom is -0.504 e. The number of hydrogen-bond acceptors (Lipinski definition) is 2. The van der Waals surface area contributed by atoms with Gasteiger partial charge in [-0.3, -0.25) is 0 Å². The van der Waals surface area contributed by atoms with Crippen molar-refractivity contribution in [1.82, 2.24) is 0 Å². The van der Waals surface area contributed by atoms with E-state index in [-0.39, 0.29) is 17.4 Å². The predicted molar refractivity (Wildman–Crippen MR) is 117 cm³/mol. The summed E-state index contributed by atoms with van der Waals surface area (Å²) in [5.41, 5.74) is 0.885. The molecular formula is C25H40O2. The monoisotopic (exact) mass is 372 g/mol. The van der Waals surface area contributed by atoms with Gasteiger partial charge < -0.3 is 10.2 Å². The second kappa shape index (κ2) is 14.4. The largest absolute Gasteiger partial charge is 0.504 e. The molecule has 2 nitrogen and oxygen atoms in total. The number of hydrogen-bond donors (Lipinski definition) is 2. The lowest BCUT2D eigenvalue weighted by atomic mass is 9.82. The Bertz CT molecular complexity index is 525. The second-order valence-electron chi connectivity index (χ2n) is 7.83. The van der Waals surface area contributed by atoms with Crippen molar-refractivity contribution >= 4 is 0 Å².